The molecule has 0 spiro atoms. The standard InChI is InChI=1S/C8H6N3/c1-2-8(11-3-1)7-4-9-6-10-5-7/h1-6H. The van der Waals surface area contributed by atoms with Crippen LogP contribution in [0.4, 0.5) is 0 Å². The van der Waals surface area contributed by atoms with Crippen molar-refractivity contribution in [2.24, 2.45) is 0 Å². The van der Waals surface area contributed by atoms with Gasteiger partial charge >= 0.3 is 0 Å². The predicted octanol–water partition coefficient (Wildman–Crippen LogP) is 0.949. The van der Waals surface area contributed by atoms with E-state index in [4.69, 9.17) is 0 Å². The van der Waals surface area contributed by atoms with Crippen molar-refractivity contribution >= 4 is 5.70 Å². The van der Waals surface area contributed by atoms with Gasteiger partial charge in [-0.25, -0.2) is 9.97 Å². The first-order valence-electron chi connectivity index (χ1n) is 3.30. The molecule has 0 atom stereocenters. The second-order valence-corrected chi connectivity index (χ2v) is 2.15. The second-order valence-electron chi connectivity index (χ2n) is 2.15. The topological polar surface area (TPSA) is 39.9 Å². The molecular formula is C8H6N3. The average Bonchev–Trinajstić information content (AvgIpc) is 2.58. The molecular weight excluding hydrogens is 138 g/mol. The van der Waals surface area contributed by atoms with Crippen LogP contribution in [0.25, 0.3) is 5.70 Å². The van der Waals surface area contributed by atoms with Gasteiger partial charge in [0.2, 0.25) is 0 Å². The molecule has 0 unspecified atom stereocenters. The van der Waals surface area contributed by atoms with Crippen LogP contribution in [0, 0.1) is 0 Å². The molecule has 0 N–H and O–H groups in total. The quantitative estimate of drug-likeness (QED) is 0.588. The summed E-state index contributed by atoms with van der Waals surface area (Å²) in [5.74, 6) is 0. The first-order valence-corrected chi connectivity index (χ1v) is 3.30. The zero-order valence-corrected chi connectivity index (χ0v) is 5.81. The molecule has 1 aromatic heterocycles. The van der Waals surface area contributed by atoms with Gasteiger partial charge in [-0.2, -0.15) is 0 Å². The summed E-state index contributed by atoms with van der Waals surface area (Å²) >= 11 is 0. The largest absolute Gasteiger partial charge is 0.256 e. The Hall–Kier alpha value is -1.64. The van der Waals surface area contributed by atoms with Crippen LogP contribution in [-0.4, -0.2) is 9.97 Å². The maximum Gasteiger partial charge on any atom is 0.115 e. The van der Waals surface area contributed by atoms with Crippen molar-refractivity contribution < 1.29 is 0 Å². The number of allylic oxidation sites excluding steroid dienone is 2. The highest BCUT2D eigenvalue weighted by atomic mass is 14.9. The van der Waals surface area contributed by atoms with Crippen LogP contribution < -0.4 is 5.32 Å². The van der Waals surface area contributed by atoms with Gasteiger partial charge in [0, 0.05) is 24.2 Å². The molecule has 0 bridgehead atoms. The lowest BCUT2D eigenvalue weighted by Gasteiger charge is -1.97. The van der Waals surface area contributed by atoms with Crippen LogP contribution in [0.5, 0.6) is 0 Å². The van der Waals surface area contributed by atoms with E-state index >= 15 is 0 Å². The third-order valence-corrected chi connectivity index (χ3v) is 1.41. The molecule has 3 heteroatoms. The van der Waals surface area contributed by atoms with Crippen LogP contribution in [0.2, 0.25) is 0 Å². The summed E-state index contributed by atoms with van der Waals surface area (Å²) in [6.07, 6.45) is 10.6. The molecule has 53 valence electrons. The van der Waals surface area contributed by atoms with E-state index in [0.29, 0.717) is 0 Å². The van der Waals surface area contributed by atoms with Gasteiger partial charge in [-0.3, -0.25) is 5.32 Å². The molecule has 0 saturated heterocycles. The Labute approximate surface area is 64.5 Å². The van der Waals surface area contributed by atoms with Crippen LogP contribution in [0.3, 0.4) is 0 Å². The fraction of sp³-hybridized carbons (Fsp3) is 0. The van der Waals surface area contributed by atoms with Crippen LogP contribution in [0.1, 0.15) is 5.56 Å². The lowest BCUT2D eigenvalue weighted by Crippen LogP contribution is -1.92. The Morgan fingerprint density at radius 2 is 1.91 bits per heavy atom. The van der Waals surface area contributed by atoms with Gasteiger partial charge in [0.25, 0.3) is 0 Å². The van der Waals surface area contributed by atoms with Gasteiger partial charge < -0.3 is 0 Å². The maximum atomic E-state index is 4.11. The normalized spacial score (nSPS) is 14.4. The van der Waals surface area contributed by atoms with Gasteiger partial charge in [-0.05, 0) is 12.2 Å². The number of hydrogen-bond acceptors (Lipinski definition) is 2. The Balaban J connectivity index is 2.31. The molecule has 0 amide bonds. The SMILES string of the molecule is C1=C[N]C(c2cncnc2)=C1. The van der Waals surface area contributed by atoms with Crippen LogP contribution >= 0.6 is 0 Å². The molecule has 3 nitrogen and oxygen atoms in total. The summed E-state index contributed by atoms with van der Waals surface area (Å²) < 4.78 is 0. The van der Waals surface area contributed by atoms with E-state index in [1.54, 1.807) is 18.6 Å². The average molecular weight is 144 g/mol. The van der Waals surface area contributed by atoms with Crippen molar-refractivity contribution in [3.63, 3.8) is 0 Å². The summed E-state index contributed by atoms with van der Waals surface area (Å²) in [6, 6.07) is 0. The van der Waals surface area contributed by atoms with Gasteiger partial charge in [-0.15, -0.1) is 0 Å². The highest BCUT2D eigenvalue weighted by Gasteiger charge is 2.02. The third kappa shape index (κ3) is 1.12. The van der Waals surface area contributed by atoms with Crippen molar-refractivity contribution in [3.05, 3.63) is 42.6 Å². The summed E-state index contributed by atoms with van der Waals surface area (Å²) in [5, 5.41) is 4.11. The Morgan fingerprint density at radius 1 is 1.09 bits per heavy atom. The van der Waals surface area contributed by atoms with Crippen molar-refractivity contribution in [1.29, 1.82) is 0 Å². The van der Waals surface area contributed by atoms with E-state index in [-0.39, 0.29) is 0 Å². The van der Waals surface area contributed by atoms with Gasteiger partial charge in [0.1, 0.15) is 6.33 Å². The summed E-state index contributed by atoms with van der Waals surface area (Å²) in [4.78, 5) is 7.78. The van der Waals surface area contributed by atoms with Crippen molar-refractivity contribution in [2.45, 2.75) is 0 Å². The molecule has 0 saturated carbocycles. The highest BCUT2D eigenvalue weighted by Crippen LogP contribution is 2.13. The molecule has 2 heterocycles. The van der Waals surface area contributed by atoms with E-state index < -0.39 is 0 Å². The molecule has 1 aliphatic rings. The molecule has 0 aliphatic carbocycles. The maximum absolute atomic E-state index is 4.11. The van der Waals surface area contributed by atoms with Gasteiger partial charge in [0.05, 0.1) is 5.70 Å². The number of nitrogens with zero attached hydrogens (tertiary/aromatic N) is 3. The van der Waals surface area contributed by atoms with E-state index in [1.807, 2.05) is 12.2 Å². The highest BCUT2D eigenvalue weighted by molar-refractivity contribution is 5.66. The molecule has 1 aliphatic heterocycles. The van der Waals surface area contributed by atoms with E-state index in [1.165, 1.54) is 6.33 Å². The minimum absolute atomic E-state index is 0.922. The first-order chi connectivity index (χ1) is 5.47. The minimum Gasteiger partial charge on any atom is -0.256 e. The number of aromatic nitrogens is 2. The second kappa shape index (κ2) is 2.54. The third-order valence-electron chi connectivity index (χ3n) is 1.41. The lowest BCUT2D eigenvalue weighted by molar-refractivity contribution is 1.12. The summed E-state index contributed by atoms with van der Waals surface area (Å²) in [7, 11) is 0. The van der Waals surface area contributed by atoms with Gasteiger partial charge in [0.15, 0.2) is 0 Å². The Morgan fingerprint density at radius 3 is 2.55 bits per heavy atom. The number of rotatable bonds is 1. The van der Waals surface area contributed by atoms with Crippen molar-refractivity contribution in [1.82, 2.24) is 15.3 Å². The van der Waals surface area contributed by atoms with Crippen molar-refractivity contribution in [2.75, 3.05) is 0 Å². The van der Waals surface area contributed by atoms with Gasteiger partial charge in [-0.1, -0.05) is 0 Å². The summed E-state index contributed by atoms with van der Waals surface area (Å²) in [5.41, 5.74) is 1.88. The van der Waals surface area contributed by atoms with Crippen molar-refractivity contribution in [3.8, 4) is 0 Å². The first kappa shape index (κ1) is 6.09. The summed E-state index contributed by atoms with van der Waals surface area (Å²) in [6.45, 7) is 0. The fourth-order valence-corrected chi connectivity index (χ4v) is 0.903. The minimum atomic E-state index is 0.922. The zero-order valence-electron chi connectivity index (χ0n) is 5.81. The molecule has 1 radical (unpaired) electrons. The lowest BCUT2D eigenvalue weighted by atomic mass is 10.2. The molecule has 0 fully saturated rings. The Kier molecular flexibility index (Phi) is 1.41. The molecule has 1 aromatic rings. The van der Waals surface area contributed by atoms with Crippen LogP contribution in [0.15, 0.2) is 37.1 Å². The molecule has 2 rings (SSSR count). The smallest absolute Gasteiger partial charge is 0.115 e. The number of hydrogen-bond donors (Lipinski definition) is 0. The monoisotopic (exact) mass is 144 g/mol. The van der Waals surface area contributed by atoms with Crippen LogP contribution in [-0.2, 0) is 0 Å². The molecule has 11 heavy (non-hydrogen) atoms. The molecule has 0 aromatic carbocycles. The zero-order chi connectivity index (χ0) is 7.52. The Bertz CT molecular complexity index is 300. The predicted molar refractivity (Wildman–Crippen MR) is 41.3 cm³/mol. The fourth-order valence-electron chi connectivity index (χ4n) is 0.903. The van der Waals surface area contributed by atoms with E-state index in [9.17, 15) is 0 Å². The van der Waals surface area contributed by atoms with E-state index in [2.05, 4.69) is 15.3 Å². The van der Waals surface area contributed by atoms with E-state index in [0.717, 1.165) is 11.3 Å².